The van der Waals surface area contributed by atoms with Gasteiger partial charge in [0.05, 0.1) is 19.2 Å². The lowest BCUT2D eigenvalue weighted by atomic mass is 10.1. The van der Waals surface area contributed by atoms with Gasteiger partial charge in [-0.25, -0.2) is 8.78 Å². The fourth-order valence-corrected chi connectivity index (χ4v) is 1.16. The average Bonchev–Trinajstić information content (AvgIpc) is 2.25. The summed E-state index contributed by atoms with van der Waals surface area (Å²) in [5.74, 6) is -0.357. The molecule has 0 heterocycles. The minimum absolute atomic E-state index is 0.178. The quantitative estimate of drug-likeness (QED) is 0.765. The van der Waals surface area contributed by atoms with E-state index in [-0.39, 0.29) is 11.3 Å². The van der Waals surface area contributed by atoms with Gasteiger partial charge in [0.25, 0.3) is 12.3 Å². The molecule has 3 N–H and O–H groups in total. The predicted octanol–water partition coefficient (Wildman–Crippen LogP) is 1.27. The number of ether oxygens (including phenoxy) is 1. The van der Waals surface area contributed by atoms with Gasteiger partial charge in [0.15, 0.2) is 0 Å². The first-order valence-electron chi connectivity index (χ1n) is 4.54. The summed E-state index contributed by atoms with van der Waals surface area (Å²) in [4.78, 5) is 11.5. The molecule has 0 atom stereocenters. The van der Waals surface area contributed by atoms with Crippen molar-refractivity contribution in [3.05, 3.63) is 23.8 Å². The minimum atomic E-state index is -2.58. The summed E-state index contributed by atoms with van der Waals surface area (Å²) in [5, 5.41) is 2.08. The van der Waals surface area contributed by atoms with Crippen LogP contribution >= 0.6 is 0 Å². The number of anilines is 1. The molecule has 1 aromatic carbocycles. The second-order valence-corrected chi connectivity index (χ2v) is 3.06. The van der Waals surface area contributed by atoms with Crippen molar-refractivity contribution in [2.24, 2.45) is 0 Å². The molecule has 16 heavy (non-hydrogen) atoms. The molecule has 4 nitrogen and oxygen atoms in total. The highest BCUT2D eigenvalue weighted by atomic mass is 19.3. The molecular weight excluding hydrogens is 218 g/mol. The Labute approximate surface area is 91.4 Å². The Kier molecular flexibility index (Phi) is 4.04. The number of nitrogens with two attached hydrogens (primary N) is 1. The largest absolute Gasteiger partial charge is 0.496 e. The van der Waals surface area contributed by atoms with Gasteiger partial charge in [-0.1, -0.05) is 0 Å². The second kappa shape index (κ2) is 5.29. The standard InChI is InChI=1S/C10H12F2N2O2/c1-16-8-4-6(13)2-3-7(8)10(15)14-5-9(11)12/h2-4,9H,5,13H2,1H3,(H,14,15). The summed E-state index contributed by atoms with van der Waals surface area (Å²) >= 11 is 0. The Morgan fingerprint density at radius 1 is 1.56 bits per heavy atom. The monoisotopic (exact) mass is 230 g/mol. The Morgan fingerprint density at radius 2 is 2.25 bits per heavy atom. The number of amides is 1. The van der Waals surface area contributed by atoms with Gasteiger partial charge in [-0.05, 0) is 12.1 Å². The van der Waals surface area contributed by atoms with E-state index in [4.69, 9.17) is 10.5 Å². The lowest BCUT2D eigenvalue weighted by molar-refractivity contribution is 0.0889. The van der Waals surface area contributed by atoms with Crippen molar-refractivity contribution in [1.29, 1.82) is 0 Å². The molecule has 0 radical (unpaired) electrons. The normalized spacial score (nSPS) is 10.2. The van der Waals surface area contributed by atoms with E-state index >= 15 is 0 Å². The molecule has 1 aromatic rings. The van der Waals surface area contributed by atoms with Crippen molar-refractivity contribution in [3.63, 3.8) is 0 Å². The first-order chi connectivity index (χ1) is 7.54. The number of nitrogens with one attached hydrogen (secondary N) is 1. The average molecular weight is 230 g/mol. The zero-order valence-corrected chi connectivity index (χ0v) is 8.67. The minimum Gasteiger partial charge on any atom is -0.496 e. The van der Waals surface area contributed by atoms with Gasteiger partial charge in [0.1, 0.15) is 5.75 Å². The molecule has 0 saturated heterocycles. The highest BCUT2D eigenvalue weighted by Crippen LogP contribution is 2.21. The molecule has 0 aliphatic rings. The summed E-state index contributed by atoms with van der Waals surface area (Å²) < 4.78 is 28.7. The van der Waals surface area contributed by atoms with Crippen LogP contribution in [0.1, 0.15) is 10.4 Å². The van der Waals surface area contributed by atoms with Crippen LogP contribution in [0, 0.1) is 0 Å². The van der Waals surface area contributed by atoms with Gasteiger partial charge in [-0.2, -0.15) is 0 Å². The molecule has 0 unspecified atom stereocenters. The molecule has 6 heteroatoms. The zero-order valence-electron chi connectivity index (χ0n) is 8.67. The van der Waals surface area contributed by atoms with Gasteiger partial charge in [0, 0.05) is 11.8 Å². The summed E-state index contributed by atoms with van der Waals surface area (Å²) in [6.45, 7) is -0.688. The Hall–Kier alpha value is -1.85. The molecule has 0 aromatic heterocycles. The number of alkyl halides is 2. The summed E-state index contributed by atoms with van der Waals surface area (Å²) in [6, 6.07) is 4.38. The zero-order chi connectivity index (χ0) is 12.1. The third kappa shape index (κ3) is 3.08. The van der Waals surface area contributed by atoms with Crippen LogP contribution in [0.3, 0.4) is 0 Å². The third-order valence-electron chi connectivity index (χ3n) is 1.89. The first-order valence-corrected chi connectivity index (χ1v) is 4.54. The molecule has 0 spiro atoms. The van der Waals surface area contributed by atoms with Gasteiger partial charge >= 0.3 is 0 Å². The van der Waals surface area contributed by atoms with Gasteiger partial charge in [-0.15, -0.1) is 0 Å². The van der Waals surface area contributed by atoms with Crippen LogP contribution in [0.15, 0.2) is 18.2 Å². The lowest BCUT2D eigenvalue weighted by Gasteiger charge is -2.09. The van der Waals surface area contributed by atoms with Crippen molar-refractivity contribution < 1.29 is 18.3 Å². The molecule has 0 saturated carbocycles. The van der Waals surface area contributed by atoms with Gasteiger partial charge < -0.3 is 15.8 Å². The highest BCUT2D eigenvalue weighted by molar-refractivity contribution is 5.97. The van der Waals surface area contributed by atoms with Crippen LogP contribution in [0.5, 0.6) is 5.75 Å². The van der Waals surface area contributed by atoms with Crippen molar-refractivity contribution in [2.45, 2.75) is 6.43 Å². The number of carbonyl (C=O) groups is 1. The number of benzene rings is 1. The van der Waals surface area contributed by atoms with E-state index < -0.39 is 18.9 Å². The Morgan fingerprint density at radius 3 is 2.81 bits per heavy atom. The van der Waals surface area contributed by atoms with Crippen LogP contribution in [-0.2, 0) is 0 Å². The Balaban J connectivity index is 2.82. The van der Waals surface area contributed by atoms with Crippen molar-refractivity contribution in [1.82, 2.24) is 5.32 Å². The van der Waals surface area contributed by atoms with Crippen molar-refractivity contribution >= 4 is 11.6 Å². The maximum atomic E-state index is 11.9. The van der Waals surface area contributed by atoms with E-state index in [0.29, 0.717) is 5.69 Å². The van der Waals surface area contributed by atoms with Gasteiger partial charge in [0.2, 0.25) is 0 Å². The molecule has 1 rings (SSSR count). The van der Waals surface area contributed by atoms with Crippen molar-refractivity contribution in [2.75, 3.05) is 19.4 Å². The second-order valence-electron chi connectivity index (χ2n) is 3.06. The van der Waals surface area contributed by atoms with Crippen LogP contribution in [-0.4, -0.2) is 26.0 Å². The fraction of sp³-hybridized carbons (Fsp3) is 0.300. The summed E-state index contributed by atoms with van der Waals surface area (Å²) in [5.41, 5.74) is 6.10. The highest BCUT2D eigenvalue weighted by Gasteiger charge is 2.13. The number of rotatable bonds is 4. The third-order valence-corrected chi connectivity index (χ3v) is 1.89. The van der Waals surface area contributed by atoms with Crippen LogP contribution in [0.25, 0.3) is 0 Å². The maximum Gasteiger partial charge on any atom is 0.255 e. The predicted molar refractivity (Wildman–Crippen MR) is 55.7 cm³/mol. The number of carbonyl (C=O) groups excluding carboxylic acids is 1. The maximum absolute atomic E-state index is 11.9. The SMILES string of the molecule is COc1cc(N)ccc1C(=O)NCC(F)F. The lowest BCUT2D eigenvalue weighted by Crippen LogP contribution is -2.28. The number of nitrogen functional groups attached to an aromatic ring is 1. The number of hydrogen-bond donors (Lipinski definition) is 2. The van der Waals surface area contributed by atoms with E-state index in [2.05, 4.69) is 5.32 Å². The van der Waals surface area contributed by atoms with E-state index in [1.807, 2.05) is 0 Å². The summed E-state index contributed by atoms with van der Waals surface area (Å²) in [7, 11) is 1.37. The van der Waals surface area contributed by atoms with E-state index in [1.165, 1.54) is 25.3 Å². The number of methoxy groups -OCH3 is 1. The fourth-order valence-electron chi connectivity index (χ4n) is 1.16. The van der Waals surface area contributed by atoms with E-state index in [0.717, 1.165) is 0 Å². The molecule has 0 aliphatic heterocycles. The smallest absolute Gasteiger partial charge is 0.255 e. The van der Waals surface area contributed by atoms with Crippen LogP contribution < -0.4 is 15.8 Å². The molecular formula is C10H12F2N2O2. The topological polar surface area (TPSA) is 64.3 Å². The van der Waals surface area contributed by atoms with Crippen LogP contribution in [0.4, 0.5) is 14.5 Å². The Bertz CT molecular complexity index is 383. The summed E-state index contributed by atoms with van der Waals surface area (Å²) in [6.07, 6.45) is -2.58. The van der Waals surface area contributed by atoms with E-state index in [1.54, 1.807) is 0 Å². The number of halogens is 2. The number of hydrogen-bond acceptors (Lipinski definition) is 3. The van der Waals surface area contributed by atoms with Crippen LogP contribution in [0.2, 0.25) is 0 Å². The van der Waals surface area contributed by atoms with E-state index in [9.17, 15) is 13.6 Å². The molecule has 0 fully saturated rings. The molecule has 88 valence electrons. The van der Waals surface area contributed by atoms with Gasteiger partial charge in [-0.3, -0.25) is 4.79 Å². The first kappa shape index (κ1) is 12.2. The van der Waals surface area contributed by atoms with Crippen molar-refractivity contribution in [3.8, 4) is 5.75 Å². The molecule has 0 aliphatic carbocycles. The molecule has 1 amide bonds. The molecule has 0 bridgehead atoms.